The minimum atomic E-state index is -0.704. The Morgan fingerprint density at radius 1 is 1.14 bits per heavy atom. The molecule has 0 saturated carbocycles. The summed E-state index contributed by atoms with van der Waals surface area (Å²) in [5.41, 5.74) is -0.320. The Balaban J connectivity index is 2.25. The molecule has 1 aromatic heterocycles. The van der Waals surface area contributed by atoms with Crippen molar-refractivity contribution in [2.75, 3.05) is 5.32 Å². The van der Waals surface area contributed by atoms with E-state index in [0.29, 0.717) is 5.56 Å². The number of fused-ring (bicyclic) bond motifs is 1. The molecule has 108 valence electrons. The van der Waals surface area contributed by atoms with Crippen LogP contribution in [0.25, 0.3) is 0 Å². The maximum atomic E-state index is 12.1. The largest absolute Gasteiger partial charge is 0.508 e. The van der Waals surface area contributed by atoms with Crippen molar-refractivity contribution < 1.29 is 9.90 Å². The zero-order valence-electron chi connectivity index (χ0n) is 11.0. The van der Waals surface area contributed by atoms with Gasteiger partial charge in [-0.05, 0) is 17.7 Å². The van der Waals surface area contributed by atoms with Crippen molar-refractivity contribution in [1.82, 2.24) is 14.9 Å². The average Bonchev–Trinajstić information content (AvgIpc) is 2.44. The molecular formula is C13H12N4O4. The lowest BCUT2D eigenvalue weighted by atomic mass is 9.98. The molecule has 2 amide bonds. The molecule has 4 N–H and O–H groups in total. The van der Waals surface area contributed by atoms with Crippen LogP contribution in [0.3, 0.4) is 0 Å². The predicted octanol–water partition coefficient (Wildman–Crippen LogP) is 0.00370. The Labute approximate surface area is 118 Å². The molecular weight excluding hydrogens is 276 g/mol. The van der Waals surface area contributed by atoms with E-state index in [9.17, 15) is 19.5 Å². The van der Waals surface area contributed by atoms with Crippen molar-refractivity contribution in [1.29, 1.82) is 0 Å². The zero-order chi connectivity index (χ0) is 15.1. The lowest BCUT2D eigenvalue weighted by molar-refractivity contribution is 0.248. The van der Waals surface area contributed by atoms with Crippen LogP contribution in [0.5, 0.6) is 5.75 Å². The standard InChI is InChI=1S/C13H12N4O4/c1-17-10-8(11(19)16-13(17)21)9(14-12(20)15-10)6-2-4-7(18)5-3-6/h2-5,9,18H,1H3,(H2,14,15,20)(H,16,19,21)/t9-/m0/s1. The van der Waals surface area contributed by atoms with Gasteiger partial charge < -0.3 is 10.4 Å². The summed E-state index contributed by atoms with van der Waals surface area (Å²) >= 11 is 0. The molecule has 0 saturated heterocycles. The molecule has 0 radical (unpaired) electrons. The van der Waals surface area contributed by atoms with E-state index < -0.39 is 23.3 Å². The number of nitrogens with one attached hydrogen (secondary N) is 3. The van der Waals surface area contributed by atoms with E-state index in [-0.39, 0.29) is 17.1 Å². The van der Waals surface area contributed by atoms with Gasteiger partial charge in [-0.15, -0.1) is 0 Å². The molecule has 8 heteroatoms. The normalized spacial score (nSPS) is 16.8. The fourth-order valence-electron chi connectivity index (χ4n) is 2.32. The van der Waals surface area contributed by atoms with E-state index in [0.717, 1.165) is 0 Å². The van der Waals surface area contributed by atoms with Crippen LogP contribution in [-0.2, 0) is 7.05 Å². The van der Waals surface area contributed by atoms with Gasteiger partial charge in [0.15, 0.2) is 0 Å². The molecule has 0 aliphatic carbocycles. The quantitative estimate of drug-likeness (QED) is 0.591. The van der Waals surface area contributed by atoms with E-state index in [1.165, 1.54) is 23.7 Å². The van der Waals surface area contributed by atoms with Crippen LogP contribution in [0, 0.1) is 0 Å². The summed E-state index contributed by atoms with van der Waals surface area (Å²) < 4.78 is 1.17. The van der Waals surface area contributed by atoms with Crippen LogP contribution in [0.4, 0.5) is 10.6 Å². The summed E-state index contributed by atoms with van der Waals surface area (Å²) in [5, 5.41) is 14.4. The summed E-state index contributed by atoms with van der Waals surface area (Å²) in [6, 6.07) is 4.89. The summed E-state index contributed by atoms with van der Waals surface area (Å²) in [7, 11) is 1.45. The Morgan fingerprint density at radius 3 is 2.48 bits per heavy atom. The first-order chi connectivity index (χ1) is 9.97. The van der Waals surface area contributed by atoms with Crippen molar-refractivity contribution in [3.8, 4) is 5.75 Å². The number of hydrogen-bond donors (Lipinski definition) is 4. The third kappa shape index (κ3) is 2.06. The highest BCUT2D eigenvalue weighted by atomic mass is 16.3. The summed E-state index contributed by atoms with van der Waals surface area (Å²) in [6.45, 7) is 0. The smallest absolute Gasteiger partial charge is 0.329 e. The Kier molecular flexibility index (Phi) is 2.79. The maximum Gasteiger partial charge on any atom is 0.329 e. The van der Waals surface area contributed by atoms with E-state index in [4.69, 9.17) is 0 Å². The fraction of sp³-hybridized carbons (Fsp3) is 0.154. The van der Waals surface area contributed by atoms with Crippen LogP contribution in [0.1, 0.15) is 17.2 Å². The molecule has 0 unspecified atom stereocenters. The number of urea groups is 1. The number of carbonyl (C=O) groups excluding carboxylic acids is 1. The number of carbonyl (C=O) groups is 1. The van der Waals surface area contributed by atoms with Gasteiger partial charge >= 0.3 is 11.7 Å². The summed E-state index contributed by atoms with van der Waals surface area (Å²) in [5.74, 6) is 0.235. The molecule has 21 heavy (non-hydrogen) atoms. The number of phenolic OH excluding ortho intramolecular Hbond substituents is 1. The number of aromatic amines is 1. The second-order valence-corrected chi connectivity index (χ2v) is 4.70. The highest BCUT2D eigenvalue weighted by Crippen LogP contribution is 2.28. The predicted molar refractivity (Wildman–Crippen MR) is 74.4 cm³/mol. The molecule has 1 aliphatic heterocycles. The molecule has 2 heterocycles. The third-order valence-electron chi connectivity index (χ3n) is 3.38. The monoisotopic (exact) mass is 288 g/mol. The van der Waals surface area contributed by atoms with E-state index >= 15 is 0 Å². The Hall–Kier alpha value is -3.03. The van der Waals surface area contributed by atoms with Gasteiger partial charge in [0.05, 0.1) is 11.6 Å². The van der Waals surface area contributed by atoms with Gasteiger partial charge in [-0.2, -0.15) is 0 Å². The van der Waals surface area contributed by atoms with Gasteiger partial charge in [-0.25, -0.2) is 9.59 Å². The second kappa shape index (κ2) is 4.51. The molecule has 0 spiro atoms. The Morgan fingerprint density at radius 2 is 1.81 bits per heavy atom. The number of aromatic nitrogens is 2. The van der Waals surface area contributed by atoms with Crippen molar-refractivity contribution >= 4 is 11.8 Å². The van der Waals surface area contributed by atoms with Gasteiger partial charge in [-0.3, -0.25) is 19.7 Å². The van der Waals surface area contributed by atoms with Gasteiger partial charge in [0.1, 0.15) is 11.6 Å². The minimum Gasteiger partial charge on any atom is -0.508 e. The molecule has 0 fully saturated rings. The number of H-pyrrole nitrogens is 1. The van der Waals surface area contributed by atoms with E-state index in [1.54, 1.807) is 12.1 Å². The molecule has 2 aromatic rings. The van der Waals surface area contributed by atoms with Gasteiger partial charge in [-0.1, -0.05) is 12.1 Å². The van der Waals surface area contributed by atoms with Crippen LogP contribution < -0.4 is 21.9 Å². The SMILES string of the molecule is Cn1c2c(c(=O)[nH]c1=O)[C@H](c1ccc(O)cc1)NC(=O)N2. The van der Waals surface area contributed by atoms with E-state index in [1.807, 2.05) is 0 Å². The first kappa shape index (κ1) is 13.0. The van der Waals surface area contributed by atoms with Gasteiger partial charge in [0.25, 0.3) is 5.56 Å². The molecule has 8 nitrogen and oxygen atoms in total. The van der Waals surface area contributed by atoms with E-state index in [2.05, 4.69) is 15.6 Å². The number of phenols is 1. The number of hydrogen-bond acceptors (Lipinski definition) is 4. The number of amides is 2. The lowest BCUT2D eigenvalue weighted by Gasteiger charge is -2.27. The number of rotatable bonds is 1. The number of nitrogens with zero attached hydrogens (tertiary/aromatic N) is 1. The van der Waals surface area contributed by atoms with Gasteiger partial charge in [0, 0.05) is 7.05 Å². The molecule has 1 atom stereocenters. The highest BCUT2D eigenvalue weighted by molar-refractivity contribution is 5.92. The average molecular weight is 288 g/mol. The van der Waals surface area contributed by atoms with Crippen molar-refractivity contribution in [3.05, 3.63) is 56.2 Å². The van der Waals surface area contributed by atoms with Gasteiger partial charge in [0.2, 0.25) is 0 Å². The number of benzene rings is 1. The molecule has 1 aromatic carbocycles. The van der Waals surface area contributed by atoms with Crippen LogP contribution in [0.2, 0.25) is 0 Å². The molecule has 3 rings (SSSR count). The maximum absolute atomic E-state index is 12.1. The summed E-state index contributed by atoms with van der Waals surface area (Å²) in [4.78, 5) is 37.6. The first-order valence-electron chi connectivity index (χ1n) is 6.17. The summed E-state index contributed by atoms with van der Waals surface area (Å²) in [6.07, 6.45) is 0. The van der Waals surface area contributed by atoms with Crippen LogP contribution in [0.15, 0.2) is 33.9 Å². The van der Waals surface area contributed by atoms with Crippen molar-refractivity contribution in [2.24, 2.45) is 7.05 Å². The van der Waals surface area contributed by atoms with Crippen LogP contribution >= 0.6 is 0 Å². The topological polar surface area (TPSA) is 116 Å². The lowest BCUT2D eigenvalue weighted by Crippen LogP contribution is -2.46. The van der Waals surface area contributed by atoms with Crippen molar-refractivity contribution in [2.45, 2.75) is 6.04 Å². The van der Waals surface area contributed by atoms with Crippen LogP contribution in [-0.4, -0.2) is 20.7 Å². The van der Waals surface area contributed by atoms with Crippen molar-refractivity contribution in [3.63, 3.8) is 0 Å². The molecule has 0 bridgehead atoms. The molecule has 1 aliphatic rings. The third-order valence-corrected chi connectivity index (χ3v) is 3.38. The second-order valence-electron chi connectivity index (χ2n) is 4.70. The number of anilines is 1. The highest BCUT2D eigenvalue weighted by Gasteiger charge is 2.30. The Bertz CT molecular complexity index is 835. The fourth-order valence-corrected chi connectivity index (χ4v) is 2.32. The number of aromatic hydroxyl groups is 1. The zero-order valence-corrected chi connectivity index (χ0v) is 11.0. The first-order valence-corrected chi connectivity index (χ1v) is 6.17. The minimum absolute atomic E-state index is 0.0774.